The molecule has 26 heavy (non-hydrogen) atoms. The third kappa shape index (κ3) is 4.75. The van der Waals surface area contributed by atoms with Gasteiger partial charge < -0.3 is 14.6 Å². The molecular weight excluding hydrogens is 396 g/mol. The maximum absolute atomic E-state index is 12.3. The molecule has 0 radical (unpaired) electrons. The number of benzene rings is 1. The fourth-order valence-electron chi connectivity index (χ4n) is 3.11. The molecule has 1 aromatic carbocycles. The van der Waals surface area contributed by atoms with Crippen LogP contribution in [0.4, 0.5) is 0 Å². The number of hydrogen-bond donors (Lipinski definition) is 1. The SMILES string of the molecule is Cc1cc(C(=O)OCC(=O)N[C@@H](C)c2ccc(Br)cc2)c(C)n1C(C)C. The van der Waals surface area contributed by atoms with E-state index in [4.69, 9.17) is 4.74 Å². The van der Waals surface area contributed by atoms with Crippen LogP contribution in [-0.2, 0) is 9.53 Å². The Morgan fingerprint density at radius 1 is 1.15 bits per heavy atom. The summed E-state index contributed by atoms with van der Waals surface area (Å²) in [7, 11) is 0. The van der Waals surface area contributed by atoms with E-state index in [1.807, 2.05) is 45.0 Å². The molecule has 1 N–H and O–H groups in total. The van der Waals surface area contributed by atoms with Crippen molar-refractivity contribution in [1.29, 1.82) is 0 Å². The van der Waals surface area contributed by atoms with Crippen molar-refractivity contribution in [3.63, 3.8) is 0 Å². The summed E-state index contributed by atoms with van der Waals surface area (Å²) in [4.78, 5) is 24.4. The lowest BCUT2D eigenvalue weighted by Gasteiger charge is -2.15. The van der Waals surface area contributed by atoms with Gasteiger partial charge in [-0.15, -0.1) is 0 Å². The van der Waals surface area contributed by atoms with Crippen molar-refractivity contribution in [1.82, 2.24) is 9.88 Å². The molecule has 1 atom stereocenters. The lowest BCUT2D eigenvalue weighted by molar-refractivity contribution is -0.124. The van der Waals surface area contributed by atoms with E-state index in [9.17, 15) is 9.59 Å². The van der Waals surface area contributed by atoms with E-state index in [2.05, 4.69) is 39.7 Å². The average Bonchev–Trinajstić information content (AvgIpc) is 2.87. The van der Waals surface area contributed by atoms with Crippen LogP contribution in [0, 0.1) is 13.8 Å². The van der Waals surface area contributed by atoms with Gasteiger partial charge in [-0.25, -0.2) is 4.79 Å². The molecule has 6 heteroatoms. The number of aromatic nitrogens is 1. The van der Waals surface area contributed by atoms with E-state index < -0.39 is 5.97 Å². The number of carbonyl (C=O) groups excluding carboxylic acids is 2. The Hall–Kier alpha value is -2.08. The predicted octanol–water partition coefficient (Wildman–Crippen LogP) is 4.48. The Morgan fingerprint density at radius 2 is 1.77 bits per heavy atom. The number of ether oxygens (including phenoxy) is 1. The molecule has 0 saturated heterocycles. The standard InChI is InChI=1S/C20H25BrN2O3/c1-12(2)23-13(3)10-18(15(23)5)20(25)26-11-19(24)22-14(4)16-6-8-17(21)9-7-16/h6-10,12,14H,11H2,1-5H3,(H,22,24)/t14-/m0/s1. The number of hydrogen-bond acceptors (Lipinski definition) is 3. The minimum Gasteiger partial charge on any atom is -0.452 e. The highest BCUT2D eigenvalue weighted by atomic mass is 79.9. The summed E-state index contributed by atoms with van der Waals surface area (Å²) >= 11 is 3.38. The van der Waals surface area contributed by atoms with Crippen molar-refractivity contribution < 1.29 is 14.3 Å². The fourth-order valence-corrected chi connectivity index (χ4v) is 3.37. The van der Waals surface area contributed by atoms with Crippen LogP contribution in [0.1, 0.15) is 60.2 Å². The van der Waals surface area contributed by atoms with E-state index in [0.717, 1.165) is 21.4 Å². The number of nitrogens with one attached hydrogen (secondary N) is 1. The van der Waals surface area contributed by atoms with Gasteiger partial charge in [-0.2, -0.15) is 0 Å². The highest BCUT2D eigenvalue weighted by Crippen LogP contribution is 2.21. The first-order chi connectivity index (χ1) is 12.2. The van der Waals surface area contributed by atoms with Gasteiger partial charge in [-0.05, 0) is 58.4 Å². The van der Waals surface area contributed by atoms with Gasteiger partial charge in [0.25, 0.3) is 5.91 Å². The molecule has 0 spiro atoms. The smallest absolute Gasteiger partial charge is 0.340 e. The van der Waals surface area contributed by atoms with Gasteiger partial charge in [-0.3, -0.25) is 4.79 Å². The molecule has 0 bridgehead atoms. The van der Waals surface area contributed by atoms with Gasteiger partial charge in [0.2, 0.25) is 0 Å². The first kappa shape index (κ1) is 20.2. The lowest BCUT2D eigenvalue weighted by Crippen LogP contribution is -2.31. The minimum atomic E-state index is -0.476. The summed E-state index contributed by atoms with van der Waals surface area (Å²) in [6, 6.07) is 9.60. The summed E-state index contributed by atoms with van der Waals surface area (Å²) in [5.74, 6) is -0.803. The minimum absolute atomic E-state index is 0.166. The third-order valence-corrected chi connectivity index (χ3v) is 4.83. The van der Waals surface area contributed by atoms with Gasteiger partial charge in [0.05, 0.1) is 11.6 Å². The van der Waals surface area contributed by atoms with Crippen LogP contribution in [0.25, 0.3) is 0 Å². The number of amides is 1. The summed E-state index contributed by atoms with van der Waals surface area (Å²) in [5, 5.41) is 2.84. The van der Waals surface area contributed by atoms with Crippen molar-refractivity contribution in [2.75, 3.05) is 6.61 Å². The second-order valence-corrected chi connectivity index (χ2v) is 7.58. The van der Waals surface area contributed by atoms with Crippen LogP contribution in [0.15, 0.2) is 34.8 Å². The normalized spacial score (nSPS) is 12.1. The summed E-state index contributed by atoms with van der Waals surface area (Å²) in [6.07, 6.45) is 0. The van der Waals surface area contributed by atoms with Crippen molar-refractivity contribution >= 4 is 27.8 Å². The zero-order chi connectivity index (χ0) is 19.4. The van der Waals surface area contributed by atoms with Crippen LogP contribution in [-0.4, -0.2) is 23.1 Å². The quantitative estimate of drug-likeness (QED) is 0.700. The Morgan fingerprint density at radius 3 is 2.31 bits per heavy atom. The van der Waals surface area contributed by atoms with Crippen LogP contribution >= 0.6 is 15.9 Å². The molecular formula is C20H25BrN2O3. The van der Waals surface area contributed by atoms with Gasteiger partial charge in [0.1, 0.15) is 0 Å². The van der Waals surface area contributed by atoms with Crippen molar-refractivity contribution in [3.05, 3.63) is 57.3 Å². The Kier molecular flexibility index (Phi) is 6.64. The molecule has 1 aromatic heterocycles. The molecule has 2 aromatic rings. The molecule has 0 saturated carbocycles. The number of nitrogens with zero attached hydrogens (tertiary/aromatic N) is 1. The number of carbonyl (C=O) groups is 2. The number of aryl methyl sites for hydroxylation is 1. The largest absolute Gasteiger partial charge is 0.452 e. The maximum Gasteiger partial charge on any atom is 0.340 e. The number of rotatable bonds is 6. The average molecular weight is 421 g/mol. The summed E-state index contributed by atoms with van der Waals surface area (Å²) in [5.41, 5.74) is 3.34. The van der Waals surface area contributed by atoms with Gasteiger partial charge >= 0.3 is 5.97 Å². The maximum atomic E-state index is 12.3. The third-order valence-electron chi connectivity index (χ3n) is 4.30. The first-order valence-corrected chi connectivity index (χ1v) is 9.40. The fraction of sp³-hybridized carbons (Fsp3) is 0.400. The number of esters is 1. The monoisotopic (exact) mass is 420 g/mol. The van der Waals surface area contributed by atoms with E-state index in [1.54, 1.807) is 6.07 Å². The summed E-state index contributed by atoms with van der Waals surface area (Å²) in [6.45, 7) is 9.55. The van der Waals surface area contributed by atoms with Gasteiger partial charge in [0.15, 0.2) is 6.61 Å². The van der Waals surface area contributed by atoms with Crippen molar-refractivity contribution in [2.24, 2.45) is 0 Å². The molecule has 0 fully saturated rings. The molecule has 0 unspecified atom stereocenters. The molecule has 1 amide bonds. The second-order valence-electron chi connectivity index (χ2n) is 6.67. The molecule has 2 rings (SSSR count). The number of halogens is 1. The van der Waals surface area contributed by atoms with Crippen molar-refractivity contribution in [2.45, 2.75) is 46.7 Å². The van der Waals surface area contributed by atoms with Crippen LogP contribution in [0.2, 0.25) is 0 Å². The molecule has 0 aliphatic carbocycles. The van der Waals surface area contributed by atoms with E-state index in [1.165, 1.54) is 0 Å². The highest BCUT2D eigenvalue weighted by Gasteiger charge is 2.19. The molecule has 0 aliphatic heterocycles. The Balaban J connectivity index is 1.94. The molecule has 140 valence electrons. The zero-order valence-corrected chi connectivity index (χ0v) is 17.4. The first-order valence-electron chi connectivity index (χ1n) is 8.61. The molecule has 1 heterocycles. The van der Waals surface area contributed by atoms with Crippen LogP contribution in [0.5, 0.6) is 0 Å². The van der Waals surface area contributed by atoms with Gasteiger partial charge in [0, 0.05) is 21.9 Å². The highest BCUT2D eigenvalue weighted by molar-refractivity contribution is 9.10. The van der Waals surface area contributed by atoms with Gasteiger partial charge in [-0.1, -0.05) is 28.1 Å². The van der Waals surface area contributed by atoms with E-state index >= 15 is 0 Å². The Bertz CT molecular complexity index is 794. The van der Waals surface area contributed by atoms with E-state index in [-0.39, 0.29) is 24.6 Å². The van der Waals surface area contributed by atoms with Crippen molar-refractivity contribution in [3.8, 4) is 0 Å². The lowest BCUT2D eigenvalue weighted by atomic mass is 10.1. The van der Waals surface area contributed by atoms with E-state index in [0.29, 0.717) is 5.56 Å². The Labute approximate surface area is 162 Å². The zero-order valence-electron chi connectivity index (χ0n) is 15.8. The molecule has 0 aliphatic rings. The molecule has 5 nitrogen and oxygen atoms in total. The van der Waals surface area contributed by atoms with Crippen LogP contribution in [0.3, 0.4) is 0 Å². The topological polar surface area (TPSA) is 60.3 Å². The second kappa shape index (κ2) is 8.54. The summed E-state index contributed by atoms with van der Waals surface area (Å²) < 4.78 is 8.26. The van der Waals surface area contributed by atoms with Crippen LogP contribution < -0.4 is 5.32 Å². The predicted molar refractivity (Wildman–Crippen MR) is 105 cm³/mol.